The Balaban J connectivity index is 2.64. The molecule has 1 fully saturated rings. The molecule has 0 bridgehead atoms. The lowest BCUT2D eigenvalue weighted by Crippen LogP contribution is -2.43. The summed E-state index contributed by atoms with van der Waals surface area (Å²) < 4.78 is 36.7. The molecule has 7 nitrogen and oxygen atoms in total. The highest BCUT2D eigenvalue weighted by atomic mass is 32.2. The average molecular weight is 282 g/mol. The number of likely N-dealkylation sites (N-methyl/N-ethyl adjacent to an activating group) is 1. The van der Waals surface area contributed by atoms with Gasteiger partial charge in [-0.2, -0.15) is 4.31 Å². The minimum Gasteiger partial charge on any atom is -0.479 e. The highest BCUT2D eigenvalue weighted by Crippen LogP contribution is 2.25. The van der Waals surface area contributed by atoms with Crippen molar-refractivity contribution in [3.63, 3.8) is 0 Å². The smallest absolute Gasteiger partial charge is 0.343 e. The Bertz CT molecular complexity index is 466. The lowest BCUT2D eigenvalue weighted by atomic mass is 10.1. The first kappa shape index (κ1) is 14.8. The van der Waals surface area contributed by atoms with Gasteiger partial charge in [0.1, 0.15) is 0 Å². The number of likely N-dealkylation sites (tertiary alicyclic amines) is 1. The van der Waals surface area contributed by atoms with Crippen molar-refractivity contribution in [2.45, 2.75) is 12.1 Å². The molecule has 0 aromatic carbocycles. The standard InChI is InChI=1S/C9H15FN2O5S/c1-11(18(2,16)17)5-7(13)12-4-3-9(10,6-12)8(14)15/h3-6H2,1-2H3,(H,14,15). The lowest BCUT2D eigenvalue weighted by Gasteiger charge is -2.20. The van der Waals surface area contributed by atoms with Crippen molar-refractivity contribution in [3.05, 3.63) is 0 Å². The van der Waals surface area contributed by atoms with Gasteiger partial charge in [-0.3, -0.25) is 4.79 Å². The Morgan fingerprint density at radius 3 is 2.44 bits per heavy atom. The van der Waals surface area contributed by atoms with E-state index >= 15 is 0 Å². The Hall–Kier alpha value is -1.22. The summed E-state index contributed by atoms with van der Waals surface area (Å²) in [6.45, 7) is -0.994. The van der Waals surface area contributed by atoms with Crippen LogP contribution in [0.25, 0.3) is 0 Å². The summed E-state index contributed by atoms with van der Waals surface area (Å²) in [4.78, 5) is 23.4. The van der Waals surface area contributed by atoms with Crippen LogP contribution in [0.2, 0.25) is 0 Å². The fourth-order valence-electron chi connectivity index (χ4n) is 1.57. The maximum Gasteiger partial charge on any atom is 0.343 e. The van der Waals surface area contributed by atoms with E-state index in [1.54, 1.807) is 0 Å². The third-order valence-corrected chi connectivity index (χ3v) is 4.14. The van der Waals surface area contributed by atoms with E-state index in [1.807, 2.05) is 0 Å². The van der Waals surface area contributed by atoms with E-state index < -0.39 is 40.7 Å². The first-order valence-electron chi connectivity index (χ1n) is 5.18. The van der Waals surface area contributed by atoms with Crippen molar-refractivity contribution in [3.8, 4) is 0 Å². The number of carboxylic acids is 1. The van der Waals surface area contributed by atoms with Gasteiger partial charge in [0, 0.05) is 20.0 Å². The molecule has 1 amide bonds. The second kappa shape index (κ2) is 4.81. The number of halogens is 1. The Morgan fingerprint density at radius 2 is 2.06 bits per heavy atom. The van der Waals surface area contributed by atoms with E-state index in [0.29, 0.717) is 0 Å². The van der Waals surface area contributed by atoms with Crippen LogP contribution in [0.15, 0.2) is 0 Å². The third kappa shape index (κ3) is 3.16. The maximum absolute atomic E-state index is 13.7. The molecular formula is C9H15FN2O5S. The molecular weight excluding hydrogens is 267 g/mol. The van der Waals surface area contributed by atoms with Gasteiger partial charge in [-0.25, -0.2) is 17.6 Å². The van der Waals surface area contributed by atoms with Gasteiger partial charge in [0.2, 0.25) is 21.6 Å². The Labute approximate surface area is 104 Å². The van der Waals surface area contributed by atoms with E-state index in [4.69, 9.17) is 5.11 Å². The van der Waals surface area contributed by atoms with Crippen LogP contribution < -0.4 is 0 Å². The largest absolute Gasteiger partial charge is 0.479 e. The van der Waals surface area contributed by atoms with Crippen LogP contribution in [0, 0.1) is 0 Å². The van der Waals surface area contributed by atoms with Gasteiger partial charge in [-0.05, 0) is 0 Å². The molecule has 1 aliphatic heterocycles. The van der Waals surface area contributed by atoms with E-state index in [0.717, 1.165) is 15.5 Å². The molecule has 0 aromatic heterocycles. The molecule has 1 N–H and O–H groups in total. The highest BCUT2D eigenvalue weighted by Gasteiger charge is 2.46. The summed E-state index contributed by atoms with van der Waals surface area (Å²) in [5.74, 6) is -2.21. The molecule has 104 valence electrons. The second-order valence-corrected chi connectivity index (χ2v) is 6.44. The number of hydrogen-bond acceptors (Lipinski definition) is 4. The first-order chi connectivity index (χ1) is 8.06. The highest BCUT2D eigenvalue weighted by molar-refractivity contribution is 7.88. The molecule has 0 aromatic rings. The summed E-state index contributed by atoms with van der Waals surface area (Å²) in [5, 5.41) is 8.66. The van der Waals surface area contributed by atoms with E-state index in [9.17, 15) is 22.4 Å². The fourth-order valence-corrected chi connectivity index (χ4v) is 1.91. The predicted molar refractivity (Wildman–Crippen MR) is 60.1 cm³/mol. The zero-order valence-electron chi connectivity index (χ0n) is 10.1. The molecule has 0 radical (unpaired) electrons. The van der Waals surface area contributed by atoms with Crippen LogP contribution in [0.5, 0.6) is 0 Å². The minimum absolute atomic E-state index is 0.0285. The van der Waals surface area contributed by atoms with Crippen molar-refractivity contribution < 1.29 is 27.5 Å². The maximum atomic E-state index is 13.7. The SMILES string of the molecule is CN(CC(=O)N1CCC(F)(C(=O)O)C1)S(C)(=O)=O. The topological polar surface area (TPSA) is 95.0 Å². The summed E-state index contributed by atoms with van der Waals surface area (Å²) >= 11 is 0. The minimum atomic E-state index is -3.50. The van der Waals surface area contributed by atoms with Crippen molar-refractivity contribution in [1.82, 2.24) is 9.21 Å². The summed E-state index contributed by atoms with van der Waals surface area (Å²) in [6.07, 6.45) is 0.664. The molecule has 1 aliphatic rings. The fraction of sp³-hybridized carbons (Fsp3) is 0.778. The van der Waals surface area contributed by atoms with Gasteiger partial charge in [-0.1, -0.05) is 0 Å². The van der Waals surface area contributed by atoms with Crippen LogP contribution in [0.3, 0.4) is 0 Å². The van der Waals surface area contributed by atoms with Crippen molar-refractivity contribution >= 4 is 21.9 Å². The van der Waals surface area contributed by atoms with Crippen LogP contribution in [0.4, 0.5) is 4.39 Å². The van der Waals surface area contributed by atoms with Crippen molar-refractivity contribution in [2.24, 2.45) is 0 Å². The zero-order valence-corrected chi connectivity index (χ0v) is 10.9. The molecule has 9 heteroatoms. The molecule has 1 heterocycles. The van der Waals surface area contributed by atoms with Gasteiger partial charge < -0.3 is 10.0 Å². The normalized spacial score (nSPS) is 24.6. The van der Waals surface area contributed by atoms with Crippen LogP contribution >= 0.6 is 0 Å². The first-order valence-corrected chi connectivity index (χ1v) is 7.02. The van der Waals surface area contributed by atoms with E-state index in [-0.39, 0.29) is 13.0 Å². The van der Waals surface area contributed by atoms with Gasteiger partial charge in [-0.15, -0.1) is 0 Å². The summed E-state index contributed by atoms with van der Waals surface area (Å²) in [7, 11) is -2.27. The number of sulfonamides is 1. The van der Waals surface area contributed by atoms with Crippen molar-refractivity contribution in [1.29, 1.82) is 0 Å². The van der Waals surface area contributed by atoms with Crippen LogP contribution in [-0.4, -0.2) is 73.2 Å². The molecule has 18 heavy (non-hydrogen) atoms. The zero-order chi connectivity index (χ0) is 14.1. The van der Waals surface area contributed by atoms with Gasteiger partial charge in [0.05, 0.1) is 19.3 Å². The van der Waals surface area contributed by atoms with Crippen LogP contribution in [-0.2, 0) is 19.6 Å². The number of carbonyl (C=O) groups excluding carboxylic acids is 1. The molecule has 1 atom stereocenters. The van der Waals surface area contributed by atoms with Crippen LogP contribution in [0.1, 0.15) is 6.42 Å². The second-order valence-electron chi connectivity index (χ2n) is 4.35. The molecule has 1 rings (SSSR count). The van der Waals surface area contributed by atoms with E-state index in [2.05, 4.69) is 0 Å². The monoisotopic (exact) mass is 282 g/mol. The molecule has 0 spiro atoms. The van der Waals surface area contributed by atoms with E-state index in [1.165, 1.54) is 7.05 Å². The Morgan fingerprint density at radius 1 is 1.50 bits per heavy atom. The molecule has 1 unspecified atom stereocenters. The average Bonchev–Trinajstić information content (AvgIpc) is 2.61. The van der Waals surface area contributed by atoms with Gasteiger partial charge in [0.15, 0.2) is 0 Å². The number of hydrogen-bond donors (Lipinski definition) is 1. The number of alkyl halides is 1. The van der Waals surface area contributed by atoms with Crippen molar-refractivity contribution in [2.75, 3.05) is 32.9 Å². The number of nitrogens with zero attached hydrogens (tertiary/aromatic N) is 2. The number of carboxylic acid groups (broad SMARTS) is 1. The lowest BCUT2D eigenvalue weighted by molar-refractivity contribution is -0.150. The number of aliphatic carboxylic acids is 1. The molecule has 1 saturated heterocycles. The third-order valence-electron chi connectivity index (χ3n) is 2.88. The van der Waals surface area contributed by atoms with Gasteiger partial charge in [0.25, 0.3) is 0 Å². The number of carbonyl (C=O) groups is 2. The summed E-state index contributed by atoms with van der Waals surface area (Å²) in [5.41, 5.74) is -2.43. The number of amides is 1. The molecule has 0 aliphatic carbocycles. The predicted octanol–water partition coefficient (Wildman–Crippen LogP) is -1.10. The number of rotatable bonds is 4. The molecule has 0 saturated carbocycles. The van der Waals surface area contributed by atoms with Gasteiger partial charge >= 0.3 is 5.97 Å². The Kier molecular flexibility index (Phi) is 3.96. The summed E-state index contributed by atoms with van der Waals surface area (Å²) in [6, 6.07) is 0. The quantitative estimate of drug-likeness (QED) is 0.706.